The highest BCUT2D eigenvalue weighted by Crippen LogP contribution is 2.38. The van der Waals surface area contributed by atoms with Crippen LogP contribution in [0.4, 0.5) is 5.69 Å². The third kappa shape index (κ3) is 6.50. The molecule has 180 valence electrons. The van der Waals surface area contributed by atoms with Gasteiger partial charge in [0.1, 0.15) is 0 Å². The standard InChI is InChI=1S/C29H34ClNO3/c30-26-16-14-24(15-17-26)23-12-9-22(10-13-23)20-31(29(34)25-6-2-1-3-7-25)27-8-4-5-21(19-27)11-18-28(32)33/h4-5,8,11,14-19,22-23,25H,1-3,6-7,9-10,12-13,20H2,(H,32,33). The minimum Gasteiger partial charge on any atom is -0.478 e. The molecule has 4 nitrogen and oxygen atoms in total. The van der Waals surface area contributed by atoms with Crippen LogP contribution < -0.4 is 4.90 Å². The van der Waals surface area contributed by atoms with Gasteiger partial charge < -0.3 is 10.0 Å². The summed E-state index contributed by atoms with van der Waals surface area (Å²) in [6, 6.07) is 15.9. The van der Waals surface area contributed by atoms with Gasteiger partial charge in [-0.2, -0.15) is 0 Å². The second-order valence-corrected chi connectivity index (χ2v) is 10.3. The lowest BCUT2D eigenvalue weighted by Gasteiger charge is -2.35. The molecule has 1 N–H and O–H groups in total. The number of amides is 1. The Labute approximate surface area is 207 Å². The van der Waals surface area contributed by atoms with Gasteiger partial charge in [0.15, 0.2) is 0 Å². The van der Waals surface area contributed by atoms with Crippen LogP contribution in [0.5, 0.6) is 0 Å². The fourth-order valence-electron chi connectivity index (χ4n) is 5.53. The van der Waals surface area contributed by atoms with Crippen molar-refractivity contribution in [3.63, 3.8) is 0 Å². The number of carboxylic acid groups (broad SMARTS) is 1. The van der Waals surface area contributed by atoms with Gasteiger partial charge in [0.05, 0.1) is 0 Å². The van der Waals surface area contributed by atoms with Gasteiger partial charge in [0.25, 0.3) is 0 Å². The van der Waals surface area contributed by atoms with Crippen molar-refractivity contribution in [2.24, 2.45) is 11.8 Å². The Balaban J connectivity index is 1.48. The van der Waals surface area contributed by atoms with E-state index < -0.39 is 5.97 Å². The zero-order valence-corrected chi connectivity index (χ0v) is 20.4. The summed E-state index contributed by atoms with van der Waals surface area (Å²) in [5.74, 6) is 0.379. The fraction of sp³-hybridized carbons (Fsp3) is 0.448. The molecule has 4 rings (SSSR count). The predicted molar refractivity (Wildman–Crippen MR) is 138 cm³/mol. The third-order valence-corrected chi connectivity index (χ3v) is 7.70. The molecule has 2 fully saturated rings. The van der Waals surface area contributed by atoms with Crippen LogP contribution in [-0.2, 0) is 9.59 Å². The molecular formula is C29H34ClNO3. The van der Waals surface area contributed by atoms with Crippen molar-refractivity contribution >= 4 is 35.2 Å². The first kappa shape index (κ1) is 24.5. The van der Waals surface area contributed by atoms with Crippen LogP contribution in [0.1, 0.15) is 74.8 Å². The number of rotatable bonds is 7. The number of benzene rings is 2. The van der Waals surface area contributed by atoms with E-state index in [1.54, 1.807) is 6.08 Å². The van der Waals surface area contributed by atoms with E-state index in [-0.39, 0.29) is 11.8 Å². The van der Waals surface area contributed by atoms with Gasteiger partial charge in [-0.05, 0) is 91.8 Å². The summed E-state index contributed by atoms with van der Waals surface area (Å²) in [7, 11) is 0. The van der Waals surface area contributed by atoms with Crippen LogP contribution in [0.25, 0.3) is 6.08 Å². The normalized spacial score (nSPS) is 21.4. The Morgan fingerprint density at radius 1 is 0.941 bits per heavy atom. The highest BCUT2D eigenvalue weighted by Gasteiger charge is 2.30. The van der Waals surface area contributed by atoms with Gasteiger partial charge in [-0.25, -0.2) is 4.79 Å². The Morgan fingerprint density at radius 2 is 1.65 bits per heavy atom. The van der Waals surface area contributed by atoms with Crippen LogP contribution in [0, 0.1) is 11.8 Å². The SMILES string of the molecule is O=C(O)C=Cc1cccc(N(CC2CCC(c3ccc(Cl)cc3)CC2)C(=O)C2CCCCC2)c1. The maximum atomic E-state index is 13.7. The average molecular weight is 480 g/mol. The summed E-state index contributed by atoms with van der Waals surface area (Å²) in [4.78, 5) is 26.6. The van der Waals surface area contributed by atoms with Crippen LogP contribution in [0.3, 0.4) is 0 Å². The molecule has 2 aromatic carbocycles. The minimum atomic E-state index is -0.974. The van der Waals surface area contributed by atoms with E-state index in [0.717, 1.165) is 80.3 Å². The lowest BCUT2D eigenvalue weighted by atomic mass is 9.78. The number of anilines is 1. The van der Waals surface area contributed by atoms with Crippen LogP contribution in [0.15, 0.2) is 54.6 Å². The van der Waals surface area contributed by atoms with Gasteiger partial charge in [-0.1, -0.05) is 55.1 Å². The summed E-state index contributed by atoms with van der Waals surface area (Å²) in [5, 5.41) is 9.76. The van der Waals surface area contributed by atoms with Gasteiger partial charge in [0.2, 0.25) is 5.91 Å². The van der Waals surface area contributed by atoms with Crippen LogP contribution >= 0.6 is 11.6 Å². The number of halogens is 1. The highest BCUT2D eigenvalue weighted by atomic mass is 35.5. The monoisotopic (exact) mass is 479 g/mol. The number of carboxylic acids is 1. The Bertz CT molecular complexity index is 1000. The van der Waals surface area contributed by atoms with E-state index in [1.165, 1.54) is 12.0 Å². The summed E-state index contributed by atoms with van der Waals surface area (Å²) in [5.41, 5.74) is 3.03. The van der Waals surface area contributed by atoms with Crippen molar-refractivity contribution in [2.45, 2.75) is 63.7 Å². The predicted octanol–water partition coefficient (Wildman–Crippen LogP) is 7.33. The Hall–Kier alpha value is -2.59. The van der Waals surface area contributed by atoms with E-state index in [0.29, 0.717) is 11.8 Å². The number of aliphatic carboxylic acids is 1. The largest absolute Gasteiger partial charge is 0.478 e. The maximum absolute atomic E-state index is 13.7. The molecule has 1 amide bonds. The number of nitrogens with zero attached hydrogens (tertiary/aromatic N) is 1. The van der Waals surface area contributed by atoms with Gasteiger partial charge in [-0.15, -0.1) is 0 Å². The Morgan fingerprint density at radius 3 is 2.32 bits per heavy atom. The zero-order chi connectivity index (χ0) is 23.9. The second kappa shape index (κ2) is 11.7. The molecule has 0 aromatic heterocycles. The minimum absolute atomic E-state index is 0.0948. The highest BCUT2D eigenvalue weighted by molar-refractivity contribution is 6.30. The molecule has 2 aliphatic rings. The van der Waals surface area contributed by atoms with E-state index in [1.807, 2.05) is 41.3 Å². The van der Waals surface area contributed by atoms with Crippen molar-refractivity contribution in [1.29, 1.82) is 0 Å². The maximum Gasteiger partial charge on any atom is 0.328 e. The molecule has 0 spiro atoms. The summed E-state index contributed by atoms with van der Waals surface area (Å²) >= 11 is 6.06. The molecule has 2 saturated carbocycles. The van der Waals surface area contributed by atoms with Crippen molar-refractivity contribution in [3.05, 3.63) is 70.8 Å². The molecule has 2 aromatic rings. The topological polar surface area (TPSA) is 57.6 Å². The number of hydrogen-bond acceptors (Lipinski definition) is 2. The molecule has 0 aliphatic heterocycles. The molecule has 0 bridgehead atoms. The number of hydrogen-bond donors (Lipinski definition) is 1. The zero-order valence-electron chi connectivity index (χ0n) is 19.7. The summed E-state index contributed by atoms with van der Waals surface area (Å²) in [6.45, 7) is 0.731. The molecule has 0 heterocycles. The summed E-state index contributed by atoms with van der Waals surface area (Å²) in [6.07, 6.45) is 12.6. The first-order valence-electron chi connectivity index (χ1n) is 12.6. The fourth-order valence-corrected chi connectivity index (χ4v) is 5.65. The van der Waals surface area contributed by atoms with E-state index in [2.05, 4.69) is 12.1 Å². The quantitative estimate of drug-likeness (QED) is 0.423. The van der Waals surface area contributed by atoms with E-state index in [4.69, 9.17) is 16.7 Å². The third-order valence-electron chi connectivity index (χ3n) is 7.45. The molecule has 0 radical (unpaired) electrons. The molecule has 5 heteroatoms. The molecule has 0 unspecified atom stereocenters. The molecule has 34 heavy (non-hydrogen) atoms. The average Bonchev–Trinajstić information content (AvgIpc) is 2.87. The molecular weight excluding hydrogens is 446 g/mol. The van der Waals surface area contributed by atoms with Gasteiger partial charge in [-0.3, -0.25) is 4.79 Å². The van der Waals surface area contributed by atoms with E-state index in [9.17, 15) is 9.59 Å². The second-order valence-electron chi connectivity index (χ2n) is 9.82. The first-order valence-corrected chi connectivity index (χ1v) is 13.0. The van der Waals surface area contributed by atoms with Crippen LogP contribution in [0.2, 0.25) is 5.02 Å². The molecule has 0 atom stereocenters. The van der Waals surface area contributed by atoms with Gasteiger partial charge in [0, 0.05) is 29.2 Å². The first-order chi connectivity index (χ1) is 16.5. The Kier molecular flexibility index (Phi) is 8.44. The molecule has 2 aliphatic carbocycles. The smallest absolute Gasteiger partial charge is 0.328 e. The van der Waals surface area contributed by atoms with E-state index >= 15 is 0 Å². The number of carbonyl (C=O) groups is 2. The molecule has 0 saturated heterocycles. The van der Waals surface area contributed by atoms with Crippen LogP contribution in [-0.4, -0.2) is 23.5 Å². The lowest BCUT2D eigenvalue weighted by molar-refractivity contribution is -0.131. The van der Waals surface area contributed by atoms with Crippen molar-refractivity contribution in [2.75, 3.05) is 11.4 Å². The number of carbonyl (C=O) groups excluding carboxylic acids is 1. The van der Waals surface area contributed by atoms with Crippen molar-refractivity contribution < 1.29 is 14.7 Å². The lowest BCUT2D eigenvalue weighted by Crippen LogP contribution is -2.41. The summed E-state index contributed by atoms with van der Waals surface area (Å²) < 4.78 is 0. The van der Waals surface area contributed by atoms with Crippen molar-refractivity contribution in [3.8, 4) is 0 Å². The van der Waals surface area contributed by atoms with Gasteiger partial charge >= 0.3 is 5.97 Å². The van der Waals surface area contributed by atoms with Crippen molar-refractivity contribution in [1.82, 2.24) is 0 Å².